The van der Waals surface area contributed by atoms with Gasteiger partial charge in [-0.1, -0.05) is 84.1 Å². The van der Waals surface area contributed by atoms with Gasteiger partial charge in [0.25, 0.3) is 0 Å². The Morgan fingerprint density at radius 1 is 0.810 bits per heavy atom. The van der Waals surface area contributed by atoms with Crippen LogP contribution in [0.2, 0.25) is 0 Å². The maximum atomic E-state index is 15.1. The summed E-state index contributed by atoms with van der Waals surface area (Å²) < 4.78 is 20.6. The van der Waals surface area contributed by atoms with E-state index in [1.807, 2.05) is 24.5 Å². The van der Waals surface area contributed by atoms with E-state index in [0.717, 1.165) is 41.9 Å². The zero-order chi connectivity index (χ0) is 29.6. The molecule has 0 saturated heterocycles. The smallest absolute Gasteiger partial charge is 0.343 e. The minimum absolute atomic E-state index is 0.230. The van der Waals surface area contributed by atoms with Crippen molar-refractivity contribution in [2.75, 3.05) is 0 Å². The second-order valence-electron chi connectivity index (χ2n) is 12.1. The van der Waals surface area contributed by atoms with Crippen LogP contribution in [-0.2, 0) is 6.42 Å². The Morgan fingerprint density at radius 2 is 1.45 bits per heavy atom. The fourth-order valence-electron chi connectivity index (χ4n) is 6.19. The van der Waals surface area contributed by atoms with Crippen molar-refractivity contribution in [1.82, 2.24) is 9.97 Å². The molecule has 42 heavy (non-hydrogen) atoms. The predicted molar refractivity (Wildman–Crippen MR) is 169 cm³/mol. The first-order chi connectivity index (χ1) is 20.6. The SMILES string of the molecule is CCCCCCCCCc1cnc(-c2ccc(OC(=O)c3ccc([C@H]4CC[C@H](CCCCC)CC4)c(F)c3)cc2)nc1. The van der Waals surface area contributed by atoms with Crippen LogP contribution in [0, 0.1) is 11.7 Å². The van der Waals surface area contributed by atoms with Gasteiger partial charge in [0.05, 0.1) is 5.56 Å². The first-order valence-electron chi connectivity index (χ1n) is 16.5. The number of nitrogens with zero attached hydrogens (tertiary/aromatic N) is 2. The van der Waals surface area contributed by atoms with Crippen LogP contribution in [0.3, 0.4) is 0 Å². The first-order valence-corrected chi connectivity index (χ1v) is 16.5. The summed E-state index contributed by atoms with van der Waals surface area (Å²) in [4.78, 5) is 21.9. The Hall–Kier alpha value is -3.08. The van der Waals surface area contributed by atoms with Gasteiger partial charge in [0.1, 0.15) is 11.6 Å². The summed E-state index contributed by atoms with van der Waals surface area (Å²) in [6, 6.07) is 12.0. The molecule has 1 fully saturated rings. The molecule has 1 saturated carbocycles. The Bertz CT molecular complexity index is 1220. The van der Waals surface area contributed by atoms with E-state index in [1.54, 1.807) is 24.3 Å². The quantitative estimate of drug-likeness (QED) is 0.0973. The minimum atomic E-state index is -0.557. The number of unbranched alkanes of at least 4 members (excludes halogenated alkanes) is 8. The maximum absolute atomic E-state index is 15.1. The number of aryl methyl sites for hydroxylation is 1. The van der Waals surface area contributed by atoms with Crippen LogP contribution in [0.5, 0.6) is 5.75 Å². The second-order valence-corrected chi connectivity index (χ2v) is 12.1. The Kier molecular flexibility index (Phi) is 13.0. The summed E-state index contributed by atoms with van der Waals surface area (Å²) in [5.41, 5.74) is 2.98. The van der Waals surface area contributed by atoms with Gasteiger partial charge in [-0.2, -0.15) is 0 Å². The van der Waals surface area contributed by atoms with Crippen molar-refractivity contribution in [2.24, 2.45) is 5.92 Å². The van der Waals surface area contributed by atoms with Crippen LogP contribution >= 0.6 is 0 Å². The number of hydrogen-bond donors (Lipinski definition) is 0. The fraction of sp³-hybridized carbons (Fsp3) is 0.541. The molecular weight excluding hydrogens is 523 g/mol. The number of hydrogen-bond acceptors (Lipinski definition) is 4. The highest BCUT2D eigenvalue weighted by Gasteiger charge is 2.25. The van der Waals surface area contributed by atoms with Crippen LogP contribution in [0.15, 0.2) is 54.9 Å². The molecule has 1 aromatic heterocycles. The summed E-state index contributed by atoms with van der Waals surface area (Å²) in [6.07, 6.45) is 23.4. The lowest BCUT2D eigenvalue weighted by atomic mass is 9.77. The largest absolute Gasteiger partial charge is 0.423 e. The van der Waals surface area contributed by atoms with E-state index >= 15 is 4.39 Å². The molecule has 4 rings (SSSR count). The number of halogens is 1. The van der Waals surface area contributed by atoms with Crippen molar-refractivity contribution in [3.8, 4) is 17.1 Å². The van der Waals surface area contributed by atoms with E-state index in [-0.39, 0.29) is 17.3 Å². The van der Waals surface area contributed by atoms with Crippen molar-refractivity contribution in [3.05, 3.63) is 77.4 Å². The number of ether oxygens (including phenoxy) is 1. The summed E-state index contributed by atoms with van der Waals surface area (Å²) in [5, 5.41) is 0. The average Bonchev–Trinajstić information content (AvgIpc) is 3.02. The highest BCUT2D eigenvalue weighted by Crippen LogP contribution is 2.39. The van der Waals surface area contributed by atoms with Gasteiger partial charge >= 0.3 is 5.97 Å². The van der Waals surface area contributed by atoms with E-state index in [0.29, 0.717) is 11.6 Å². The van der Waals surface area contributed by atoms with E-state index in [1.165, 1.54) is 89.5 Å². The molecule has 0 amide bonds. The lowest BCUT2D eigenvalue weighted by molar-refractivity contribution is 0.0734. The monoisotopic (exact) mass is 572 g/mol. The summed E-state index contributed by atoms with van der Waals surface area (Å²) in [6.45, 7) is 4.48. The molecule has 0 spiro atoms. The molecule has 1 aliphatic rings. The zero-order valence-electron chi connectivity index (χ0n) is 25.8. The molecule has 4 nitrogen and oxygen atoms in total. The Morgan fingerprint density at radius 3 is 2.12 bits per heavy atom. The van der Waals surface area contributed by atoms with Gasteiger partial charge in [-0.05, 0) is 97.9 Å². The van der Waals surface area contributed by atoms with Crippen LogP contribution in [0.4, 0.5) is 4.39 Å². The predicted octanol–water partition coefficient (Wildman–Crippen LogP) is 10.6. The first kappa shape index (κ1) is 31.8. The lowest BCUT2D eigenvalue weighted by Crippen LogP contribution is -2.15. The molecule has 3 aromatic rings. The molecule has 0 unspecified atom stereocenters. The molecule has 2 aromatic carbocycles. The van der Waals surface area contributed by atoms with Crippen LogP contribution in [0.25, 0.3) is 11.4 Å². The molecule has 0 atom stereocenters. The minimum Gasteiger partial charge on any atom is -0.423 e. The number of aromatic nitrogens is 2. The van der Waals surface area contributed by atoms with Crippen LogP contribution in [0.1, 0.15) is 138 Å². The van der Waals surface area contributed by atoms with Gasteiger partial charge < -0.3 is 4.74 Å². The topological polar surface area (TPSA) is 52.1 Å². The highest BCUT2D eigenvalue weighted by molar-refractivity contribution is 5.91. The highest BCUT2D eigenvalue weighted by atomic mass is 19.1. The van der Waals surface area contributed by atoms with Crippen LogP contribution in [-0.4, -0.2) is 15.9 Å². The molecular formula is C37H49FN2O2. The second kappa shape index (κ2) is 17.1. The number of esters is 1. The van der Waals surface area contributed by atoms with Gasteiger partial charge in [0.2, 0.25) is 0 Å². The van der Waals surface area contributed by atoms with Gasteiger partial charge in [0.15, 0.2) is 5.82 Å². The summed E-state index contributed by atoms with van der Waals surface area (Å²) >= 11 is 0. The van der Waals surface area contributed by atoms with Crippen molar-refractivity contribution in [1.29, 1.82) is 0 Å². The maximum Gasteiger partial charge on any atom is 0.343 e. The molecule has 0 aliphatic heterocycles. The number of rotatable bonds is 16. The molecule has 1 heterocycles. The van der Waals surface area contributed by atoms with Gasteiger partial charge in [-0.3, -0.25) is 0 Å². The van der Waals surface area contributed by atoms with Gasteiger partial charge in [0, 0.05) is 18.0 Å². The van der Waals surface area contributed by atoms with Gasteiger partial charge in [-0.25, -0.2) is 19.2 Å². The molecule has 1 aliphatic carbocycles. The number of carbonyl (C=O) groups is 1. The van der Waals surface area contributed by atoms with E-state index in [4.69, 9.17) is 4.74 Å². The molecule has 0 bridgehead atoms. The fourth-order valence-corrected chi connectivity index (χ4v) is 6.19. The van der Waals surface area contributed by atoms with Crippen molar-refractivity contribution >= 4 is 5.97 Å². The average molecular weight is 573 g/mol. The third-order valence-electron chi connectivity index (χ3n) is 8.84. The van der Waals surface area contributed by atoms with E-state index in [2.05, 4.69) is 23.8 Å². The summed E-state index contributed by atoms with van der Waals surface area (Å²) in [7, 11) is 0. The lowest BCUT2D eigenvalue weighted by Gasteiger charge is -2.29. The molecule has 226 valence electrons. The van der Waals surface area contributed by atoms with E-state index in [9.17, 15) is 4.79 Å². The Labute approximate surface area is 252 Å². The number of carbonyl (C=O) groups excluding carboxylic acids is 1. The number of benzene rings is 2. The Balaban J connectivity index is 1.24. The molecule has 0 radical (unpaired) electrons. The van der Waals surface area contributed by atoms with Crippen molar-refractivity contribution < 1.29 is 13.9 Å². The zero-order valence-corrected chi connectivity index (χ0v) is 25.8. The van der Waals surface area contributed by atoms with Gasteiger partial charge in [-0.15, -0.1) is 0 Å². The van der Waals surface area contributed by atoms with Crippen molar-refractivity contribution in [3.63, 3.8) is 0 Å². The molecule has 0 N–H and O–H groups in total. The van der Waals surface area contributed by atoms with E-state index < -0.39 is 5.97 Å². The van der Waals surface area contributed by atoms with Crippen molar-refractivity contribution in [2.45, 2.75) is 122 Å². The van der Waals surface area contributed by atoms with Crippen LogP contribution < -0.4 is 4.74 Å². The third kappa shape index (κ3) is 9.74. The summed E-state index contributed by atoms with van der Waals surface area (Å²) in [5.74, 6) is 1.21. The normalized spacial score (nSPS) is 16.8. The standard InChI is InChI=1S/C37H49FN2O2/c1-3-5-7-8-9-10-12-14-29-26-39-36(40-27-29)31-19-22-33(23-20-31)42-37(41)32-21-24-34(35(38)25-32)30-17-15-28(16-18-30)13-11-6-4-2/h19-28,30H,3-18H2,1-2H3/t28-,30-. The molecule has 5 heteroatoms. The third-order valence-corrected chi connectivity index (χ3v) is 8.84.